The van der Waals surface area contributed by atoms with Gasteiger partial charge in [-0.2, -0.15) is 0 Å². The summed E-state index contributed by atoms with van der Waals surface area (Å²) in [7, 11) is 1.32. The molecular weight excluding hydrogens is 368 g/mol. The van der Waals surface area contributed by atoms with Crippen LogP contribution in [0.25, 0.3) is 9.88 Å². The number of thiazole rings is 1. The van der Waals surface area contributed by atoms with Gasteiger partial charge in [0.15, 0.2) is 0 Å². The number of thiophene rings is 1. The summed E-state index contributed by atoms with van der Waals surface area (Å²) in [4.78, 5) is 29.4. The molecule has 2 aromatic rings. The first kappa shape index (κ1) is 18.9. The minimum Gasteiger partial charge on any atom is -0.467 e. The second-order valence-electron chi connectivity index (χ2n) is 5.70. The Balaban J connectivity index is 1.98. The second kappa shape index (κ2) is 8.60. The molecule has 0 aliphatic rings. The van der Waals surface area contributed by atoms with Crippen LogP contribution < -0.4 is 5.32 Å². The van der Waals surface area contributed by atoms with Crippen molar-refractivity contribution in [2.24, 2.45) is 5.92 Å². The van der Waals surface area contributed by atoms with Crippen molar-refractivity contribution in [3.8, 4) is 9.88 Å². The van der Waals surface area contributed by atoms with Crippen molar-refractivity contribution in [3.05, 3.63) is 27.5 Å². The Kier molecular flexibility index (Phi) is 6.77. The van der Waals surface area contributed by atoms with Crippen LogP contribution in [-0.2, 0) is 20.7 Å². The van der Waals surface area contributed by atoms with E-state index in [1.807, 2.05) is 31.4 Å². The summed E-state index contributed by atoms with van der Waals surface area (Å²) in [5.41, 5.74) is 0.671. The minimum absolute atomic E-state index is 0.126. The second-order valence-corrected chi connectivity index (χ2v) is 8.27. The molecule has 1 unspecified atom stereocenters. The van der Waals surface area contributed by atoms with E-state index in [2.05, 4.69) is 10.3 Å². The molecule has 0 aromatic carbocycles. The molecule has 0 spiro atoms. The number of rotatable bonds is 7. The van der Waals surface area contributed by atoms with Gasteiger partial charge in [0.05, 0.1) is 28.4 Å². The van der Waals surface area contributed by atoms with Gasteiger partial charge in [-0.3, -0.25) is 4.79 Å². The van der Waals surface area contributed by atoms with Gasteiger partial charge in [-0.05, 0) is 24.5 Å². The van der Waals surface area contributed by atoms with E-state index in [1.54, 1.807) is 0 Å². The Bertz CT molecular complexity index is 712. The molecule has 8 heteroatoms. The maximum absolute atomic E-state index is 12.2. The zero-order chi connectivity index (χ0) is 17.7. The number of hydrogen-bond acceptors (Lipinski definition) is 6. The number of carbonyl (C=O) groups excluding carboxylic acids is 2. The van der Waals surface area contributed by atoms with E-state index in [1.165, 1.54) is 29.8 Å². The van der Waals surface area contributed by atoms with Gasteiger partial charge in [-0.25, -0.2) is 9.78 Å². The summed E-state index contributed by atoms with van der Waals surface area (Å²) in [5.74, 6) is -0.403. The van der Waals surface area contributed by atoms with E-state index in [4.69, 9.17) is 16.3 Å². The topological polar surface area (TPSA) is 68.3 Å². The molecule has 0 saturated carbocycles. The fourth-order valence-corrected chi connectivity index (χ4v) is 4.10. The van der Waals surface area contributed by atoms with Crippen molar-refractivity contribution in [3.63, 3.8) is 0 Å². The average Bonchev–Trinajstić information content (AvgIpc) is 3.14. The molecule has 2 rings (SSSR count). The molecule has 0 aliphatic carbocycles. The highest BCUT2D eigenvalue weighted by Gasteiger charge is 2.23. The normalized spacial score (nSPS) is 12.2. The van der Waals surface area contributed by atoms with Crippen LogP contribution >= 0.6 is 34.3 Å². The third-order valence-electron chi connectivity index (χ3n) is 3.21. The zero-order valence-electron chi connectivity index (χ0n) is 13.7. The highest BCUT2D eigenvalue weighted by molar-refractivity contribution is 7.23. The maximum Gasteiger partial charge on any atom is 0.328 e. The molecule has 1 amide bonds. The standard InChI is InChI=1S/C16H19ClN2O3S2/c1-9(2)6-11(16(21)22-3)19-14(20)7-10-8-23-15(18-10)12-4-5-13(17)24-12/h4-5,8-9,11H,6-7H2,1-3H3,(H,19,20). The fourth-order valence-electron chi connectivity index (χ4n) is 2.17. The van der Waals surface area contributed by atoms with Crippen LogP contribution in [0, 0.1) is 5.92 Å². The number of halogens is 1. The lowest BCUT2D eigenvalue weighted by molar-refractivity contribution is -0.145. The summed E-state index contributed by atoms with van der Waals surface area (Å²) in [6, 6.07) is 3.10. The van der Waals surface area contributed by atoms with E-state index >= 15 is 0 Å². The highest BCUT2D eigenvalue weighted by Crippen LogP contribution is 2.32. The van der Waals surface area contributed by atoms with Crippen molar-refractivity contribution in [2.75, 3.05) is 7.11 Å². The lowest BCUT2D eigenvalue weighted by Crippen LogP contribution is -2.43. The molecule has 0 fully saturated rings. The van der Waals surface area contributed by atoms with Crippen LogP contribution in [0.2, 0.25) is 4.34 Å². The van der Waals surface area contributed by atoms with Crippen molar-refractivity contribution >= 4 is 46.2 Å². The number of ether oxygens (including phenoxy) is 1. The summed E-state index contributed by atoms with van der Waals surface area (Å²) in [6.07, 6.45) is 0.662. The van der Waals surface area contributed by atoms with Crippen LogP contribution in [0.1, 0.15) is 26.0 Å². The summed E-state index contributed by atoms with van der Waals surface area (Å²) in [6.45, 7) is 3.97. The third-order valence-corrected chi connectivity index (χ3v) is 5.50. The molecule has 2 aromatic heterocycles. The van der Waals surface area contributed by atoms with Gasteiger partial charge in [-0.1, -0.05) is 25.4 Å². The number of aromatic nitrogens is 1. The predicted octanol–water partition coefficient (Wildman–Crippen LogP) is 3.77. The molecular formula is C16H19ClN2O3S2. The third kappa shape index (κ3) is 5.29. The van der Waals surface area contributed by atoms with E-state index < -0.39 is 12.0 Å². The molecule has 0 radical (unpaired) electrons. The van der Waals surface area contributed by atoms with Gasteiger partial charge >= 0.3 is 5.97 Å². The van der Waals surface area contributed by atoms with Gasteiger partial charge in [0.25, 0.3) is 0 Å². The number of methoxy groups -OCH3 is 1. The number of hydrogen-bond donors (Lipinski definition) is 1. The molecule has 0 aliphatic heterocycles. The van der Waals surface area contributed by atoms with Crippen molar-refractivity contribution in [1.29, 1.82) is 0 Å². The first-order valence-electron chi connectivity index (χ1n) is 7.46. The maximum atomic E-state index is 12.2. The molecule has 24 heavy (non-hydrogen) atoms. The molecule has 0 bridgehead atoms. The van der Waals surface area contributed by atoms with Crippen molar-refractivity contribution in [1.82, 2.24) is 10.3 Å². The fraction of sp³-hybridized carbons (Fsp3) is 0.438. The van der Waals surface area contributed by atoms with Crippen LogP contribution in [0.3, 0.4) is 0 Å². The molecule has 130 valence electrons. The Labute approximate surface area is 154 Å². The lowest BCUT2D eigenvalue weighted by atomic mass is 10.0. The Hall–Kier alpha value is -1.44. The number of nitrogens with one attached hydrogen (secondary N) is 1. The van der Waals surface area contributed by atoms with Crippen LogP contribution in [0.4, 0.5) is 0 Å². The van der Waals surface area contributed by atoms with Crippen molar-refractivity contribution in [2.45, 2.75) is 32.7 Å². The summed E-state index contributed by atoms with van der Waals surface area (Å²) >= 11 is 8.85. The van der Waals surface area contributed by atoms with Gasteiger partial charge in [0.2, 0.25) is 5.91 Å². The van der Waals surface area contributed by atoms with Crippen LogP contribution in [0.5, 0.6) is 0 Å². The van der Waals surface area contributed by atoms with E-state index in [0.717, 1.165) is 9.88 Å². The van der Waals surface area contributed by atoms with Gasteiger partial charge in [0, 0.05) is 5.38 Å². The average molecular weight is 387 g/mol. The zero-order valence-corrected chi connectivity index (χ0v) is 16.1. The lowest BCUT2D eigenvalue weighted by Gasteiger charge is -2.18. The van der Waals surface area contributed by atoms with Crippen molar-refractivity contribution < 1.29 is 14.3 Å². The van der Waals surface area contributed by atoms with E-state index in [0.29, 0.717) is 16.5 Å². The Morgan fingerprint density at radius 1 is 1.38 bits per heavy atom. The SMILES string of the molecule is COC(=O)C(CC(C)C)NC(=O)Cc1csc(-c2ccc(Cl)s2)n1. The van der Waals surface area contributed by atoms with E-state index in [-0.39, 0.29) is 18.2 Å². The van der Waals surface area contributed by atoms with Gasteiger partial charge < -0.3 is 10.1 Å². The van der Waals surface area contributed by atoms with Gasteiger partial charge in [0.1, 0.15) is 11.0 Å². The smallest absolute Gasteiger partial charge is 0.328 e. The quantitative estimate of drug-likeness (QED) is 0.735. The first-order valence-corrected chi connectivity index (χ1v) is 9.53. The van der Waals surface area contributed by atoms with Gasteiger partial charge in [-0.15, -0.1) is 22.7 Å². The first-order chi connectivity index (χ1) is 11.4. The number of nitrogens with zero attached hydrogens (tertiary/aromatic N) is 1. The minimum atomic E-state index is -0.628. The monoisotopic (exact) mass is 386 g/mol. The summed E-state index contributed by atoms with van der Waals surface area (Å²) < 4.78 is 5.45. The number of amides is 1. The highest BCUT2D eigenvalue weighted by atomic mass is 35.5. The number of esters is 1. The molecule has 2 heterocycles. The molecule has 1 atom stereocenters. The molecule has 0 saturated heterocycles. The summed E-state index contributed by atoms with van der Waals surface area (Å²) in [5, 5.41) is 5.41. The van der Waals surface area contributed by atoms with Crippen LogP contribution in [0.15, 0.2) is 17.5 Å². The predicted molar refractivity (Wildman–Crippen MR) is 97.5 cm³/mol. The molecule has 5 nitrogen and oxygen atoms in total. The molecule has 1 N–H and O–H groups in total. The Morgan fingerprint density at radius 3 is 2.71 bits per heavy atom. The Morgan fingerprint density at radius 2 is 2.12 bits per heavy atom. The van der Waals surface area contributed by atoms with E-state index in [9.17, 15) is 9.59 Å². The largest absolute Gasteiger partial charge is 0.467 e. The van der Waals surface area contributed by atoms with Crippen LogP contribution in [-0.4, -0.2) is 30.0 Å². The number of carbonyl (C=O) groups is 2.